The number of nitrogens with one attached hydrogen (secondary N) is 1. The van der Waals surface area contributed by atoms with Crippen molar-refractivity contribution in [1.29, 1.82) is 0 Å². The first kappa shape index (κ1) is 19.5. The molecule has 2 aromatic carbocycles. The Hall–Kier alpha value is -2.82. The molecule has 0 unspecified atom stereocenters. The lowest BCUT2D eigenvalue weighted by molar-refractivity contribution is -0.139. The van der Waals surface area contributed by atoms with Gasteiger partial charge in [-0.05, 0) is 49.9 Å². The molecule has 5 nitrogen and oxygen atoms in total. The summed E-state index contributed by atoms with van der Waals surface area (Å²) < 4.78 is 5.13. The maximum absolute atomic E-state index is 11.8. The van der Waals surface area contributed by atoms with E-state index in [0.717, 1.165) is 16.7 Å². The fourth-order valence-corrected chi connectivity index (χ4v) is 2.60. The van der Waals surface area contributed by atoms with Gasteiger partial charge in [-0.1, -0.05) is 48.5 Å². The Morgan fingerprint density at radius 2 is 1.69 bits per heavy atom. The van der Waals surface area contributed by atoms with Crippen molar-refractivity contribution in [3.05, 3.63) is 59.7 Å². The summed E-state index contributed by atoms with van der Waals surface area (Å²) in [5.41, 5.74) is 3.53. The zero-order chi connectivity index (χ0) is 19.3. The Labute approximate surface area is 154 Å². The standard InChI is InChI=1S/C21H25NO4/c1-14-7-5-6-8-17(14)16-11-9-15(10-12-16)13-18(19(23)24)22-20(25)26-21(2,3)4/h5-12,18H,13H2,1-4H3,(H,22,25)(H,23,24)/t18-/m1/s1. The Balaban J connectivity index is 2.09. The Kier molecular flexibility index (Phi) is 6.03. The van der Waals surface area contributed by atoms with Gasteiger partial charge in [0, 0.05) is 6.42 Å². The van der Waals surface area contributed by atoms with Crippen LogP contribution in [0, 0.1) is 6.92 Å². The van der Waals surface area contributed by atoms with Gasteiger partial charge in [-0.3, -0.25) is 0 Å². The third kappa shape index (κ3) is 5.62. The van der Waals surface area contributed by atoms with Crippen LogP contribution in [0.15, 0.2) is 48.5 Å². The zero-order valence-electron chi connectivity index (χ0n) is 15.6. The second-order valence-corrected chi connectivity index (χ2v) is 7.25. The number of carboxylic acid groups (broad SMARTS) is 1. The molecule has 0 saturated heterocycles. The number of carbonyl (C=O) groups is 2. The van der Waals surface area contributed by atoms with Crippen LogP contribution in [0.5, 0.6) is 0 Å². The van der Waals surface area contributed by atoms with Crippen molar-refractivity contribution in [2.45, 2.75) is 45.8 Å². The highest BCUT2D eigenvalue weighted by Gasteiger charge is 2.24. The average molecular weight is 355 g/mol. The summed E-state index contributed by atoms with van der Waals surface area (Å²) >= 11 is 0. The molecule has 0 saturated carbocycles. The molecule has 0 aliphatic rings. The van der Waals surface area contributed by atoms with Gasteiger partial charge in [-0.25, -0.2) is 9.59 Å². The number of hydrogen-bond donors (Lipinski definition) is 2. The minimum Gasteiger partial charge on any atom is -0.480 e. The van der Waals surface area contributed by atoms with E-state index in [1.54, 1.807) is 20.8 Å². The number of amides is 1. The number of benzene rings is 2. The van der Waals surface area contributed by atoms with Crippen molar-refractivity contribution in [2.24, 2.45) is 0 Å². The molecule has 1 atom stereocenters. The quantitative estimate of drug-likeness (QED) is 0.843. The fourth-order valence-electron chi connectivity index (χ4n) is 2.60. The van der Waals surface area contributed by atoms with Crippen LogP contribution in [0.25, 0.3) is 11.1 Å². The van der Waals surface area contributed by atoms with E-state index in [2.05, 4.69) is 24.4 Å². The average Bonchev–Trinajstić information content (AvgIpc) is 2.54. The Morgan fingerprint density at radius 3 is 2.23 bits per heavy atom. The van der Waals surface area contributed by atoms with Gasteiger partial charge in [0.15, 0.2) is 0 Å². The lowest BCUT2D eigenvalue weighted by Gasteiger charge is -2.22. The summed E-state index contributed by atoms with van der Waals surface area (Å²) in [5, 5.41) is 11.8. The predicted octanol–water partition coefficient (Wildman–Crippen LogP) is 4.18. The molecule has 0 bridgehead atoms. The number of aryl methyl sites for hydroxylation is 1. The monoisotopic (exact) mass is 355 g/mol. The van der Waals surface area contributed by atoms with Gasteiger partial charge >= 0.3 is 12.1 Å². The molecule has 0 spiro atoms. The highest BCUT2D eigenvalue weighted by Crippen LogP contribution is 2.23. The Bertz CT molecular complexity index is 775. The SMILES string of the molecule is Cc1ccccc1-c1ccc(C[C@@H](NC(=O)OC(C)(C)C)C(=O)O)cc1. The van der Waals surface area contributed by atoms with Crippen LogP contribution in [0.3, 0.4) is 0 Å². The van der Waals surface area contributed by atoms with Gasteiger partial charge in [0.05, 0.1) is 0 Å². The molecule has 0 aliphatic carbocycles. The second kappa shape index (κ2) is 8.04. The number of ether oxygens (including phenoxy) is 1. The molecule has 0 fully saturated rings. The van der Waals surface area contributed by atoms with Crippen LogP contribution in [0.2, 0.25) is 0 Å². The van der Waals surface area contributed by atoms with E-state index in [4.69, 9.17) is 4.74 Å². The fraction of sp³-hybridized carbons (Fsp3) is 0.333. The van der Waals surface area contributed by atoms with Crippen molar-refractivity contribution >= 4 is 12.1 Å². The molecule has 0 radical (unpaired) electrons. The minimum absolute atomic E-state index is 0.183. The normalized spacial score (nSPS) is 12.3. The van der Waals surface area contributed by atoms with Crippen molar-refractivity contribution in [3.63, 3.8) is 0 Å². The molecule has 2 aromatic rings. The summed E-state index contributed by atoms with van der Waals surface area (Å²) in [5.74, 6) is -1.10. The molecule has 2 rings (SSSR count). The maximum atomic E-state index is 11.8. The number of carbonyl (C=O) groups excluding carboxylic acids is 1. The van der Waals surface area contributed by atoms with Gasteiger partial charge in [0.2, 0.25) is 0 Å². The van der Waals surface area contributed by atoms with E-state index in [0.29, 0.717) is 0 Å². The van der Waals surface area contributed by atoms with Crippen LogP contribution >= 0.6 is 0 Å². The molecule has 138 valence electrons. The molecule has 2 N–H and O–H groups in total. The largest absolute Gasteiger partial charge is 0.480 e. The third-order valence-electron chi connectivity index (χ3n) is 3.84. The van der Waals surface area contributed by atoms with Crippen molar-refractivity contribution < 1.29 is 19.4 Å². The molecule has 26 heavy (non-hydrogen) atoms. The molecule has 1 amide bonds. The molecule has 0 aliphatic heterocycles. The molecular weight excluding hydrogens is 330 g/mol. The summed E-state index contributed by atoms with van der Waals surface area (Å²) in [6.07, 6.45) is -0.552. The van der Waals surface area contributed by atoms with Crippen molar-refractivity contribution in [1.82, 2.24) is 5.32 Å². The van der Waals surface area contributed by atoms with Crippen LogP contribution in [-0.2, 0) is 16.0 Å². The first-order chi connectivity index (χ1) is 12.2. The van der Waals surface area contributed by atoms with Crippen LogP contribution in [0.1, 0.15) is 31.9 Å². The second-order valence-electron chi connectivity index (χ2n) is 7.25. The van der Waals surface area contributed by atoms with Gasteiger partial charge in [-0.15, -0.1) is 0 Å². The highest BCUT2D eigenvalue weighted by molar-refractivity contribution is 5.80. The number of aliphatic carboxylic acids is 1. The van der Waals surface area contributed by atoms with Crippen LogP contribution < -0.4 is 5.32 Å². The van der Waals surface area contributed by atoms with E-state index >= 15 is 0 Å². The number of rotatable bonds is 5. The van der Waals surface area contributed by atoms with E-state index in [-0.39, 0.29) is 6.42 Å². The predicted molar refractivity (Wildman–Crippen MR) is 101 cm³/mol. The van der Waals surface area contributed by atoms with Gasteiger partial charge < -0.3 is 15.2 Å². The summed E-state index contributed by atoms with van der Waals surface area (Å²) in [4.78, 5) is 23.3. The van der Waals surface area contributed by atoms with Gasteiger partial charge in [-0.2, -0.15) is 0 Å². The first-order valence-electron chi connectivity index (χ1n) is 8.53. The van der Waals surface area contributed by atoms with Crippen molar-refractivity contribution in [2.75, 3.05) is 0 Å². The third-order valence-corrected chi connectivity index (χ3v) is 3.84. The van der Waals surface area contributed by atoms with Crippen molar-refractivity contribution in [3.8, 4) is 11.1 Å². The number of alkyl carbamates (subject to hydrolysis) is 1. The van der Waals surface area contributed by atoms with E-state index < -0.39 is 23.7 Å². The van der Waals surface area contributed by atoms with E-state index in [1.807, 2.05) is 36.4 Å². The lowest BCUT2D eigenvalue weighted by Crippen LogP contribution is -2.44. The van der Waals surface area contributed by atoms with Gasteiger partial charge in [0.25, 0.3) is 0 Å². The summed E-state index contributed by atoms with van der Waals surface area (Å²) in [6, 6.07) is 14.7. The lowest BCUT2D eigenvalue weighted by atomic mass is 9.98. The minimum atomic E-state index is -1.10. The zero-order valence-corrected chi connectivity index (χ0v) is 15.6. The molecule has 5 heteroatoms. The van der Waals surface area contributed by atoms with E-state index in [1.165, 1.54) is 5.56 Å². The molecular formula is C21H25NO4. The topological polar surface area (TPSA) is 75.6 Å². The highest BCUT2D eigenvalue weighted by atomic mass is 16.6. The first-order valence-corrected chi connectivity index (χ1v) is 8.53. The maximum Gasteiger partial charge on any atom is 0.408 e. The van der Waals surface area contributed by atoms with Gasteiger partial charge in [0.1, 0.15) is 11.6 Å². The van der Waals surface area contributed by atoms with Crippen LogP contribution in [0.4, 0.5) is 4.79 Å². The summed E-state index contributed by atoms with van der Waals surface area (Å²) in [7, 11) is 0. The molecule has 0 heterocycles. The molecule has 0 aromatic heterocycles. The van der Waals surface area contributed by atoms with E-state index in [9.17, 15) is 14.7 Å². The number of carboxylic acids is 1. The number of hydrogen-bond acceptors (Lipinski definition) is 3. The van der Waals surface area contributed by atoms with Crippen LogP contribution in [-0.4, -0.2) is 28.8 Å². The smallest absolute Gasteiger partial charge is 0.408 e. The summed E-state index contributed by atoms with van der Waals surface area (Å²) in [6.45, 7) is 7.24. The Morgan fingerprint density at radius 1 is 1.08 bits per heavy atom.